The van der Waals surface area contributed by atoms with E-state index in [4.69, 9.17) is 16.1 Å². The molecule has 0 unspecified atom stereocenters. The normalized spacial score (nSPS) is 17.5. The molecule has 0 aromatic carbocycles. The van der Waals surface area contributed by atoms with Gasteiger partial charge in [-0.2, -0.15) is 4.98 Å². The molecular formula is C14H17ClN4O2. The fourth-order valence-electron chi connectivity index (χ4n) is 2.56. The third-order valence-corrected chi connectivity index (χ3v) is 4.17. The topological polar surface area (TPSA) is 73.0 Å². The summed E-state index contributed by atoms with van der Waals surface area (Å²) in [6.07, 6.45) is 3.78. The second-order valence-corrected chi connectivity index (χ2v) is 6.16. The number of aromatic nitrogens is 3. The minimum absolute atomic E-state index is 0.193. The molecule has 1 aliphatic rings. The zero-order valence-corrected chi connectivity index (χ0v) is 12.9. The van der Waals surface area contributed by atoms with E-state index in [0.29, 0.717) is 28.3 Å². The third-order valence-electron chi connectivity index (χ3n) is 3.96. The second-order valence-electron chi connectivity index (χ2n) is 5.72. The van der Waals surface area contributed by atoms with Crippen molar-refractivity contribution < 1.29 is 9.32 Å². The number of hydrogen-bond acceptors (Lipinski definition) is 4. The summed E-state index contributed by atoms with van der Waals surface area (Å²) in [6.45, 7) is 3.68. The second kappa shape index (κ2) is 4.87. The fourth-order valence-corrected chi connectivity index (χ4v) is 2.81. The van der Waals surface area contributed by atoms with Crippen LogP contribution in [0.25, 0.3) is 0 Å². The van der Waals surface area contributed by atoms with E-state index in [0.717, 1.165) is 12.8 Å². The third kappa shape index (κ3) is 2.55. The molecule has 1 aliphatic carbocycles. The number of carbonyl (C=O) groups is 1. The number of rotatable bonds is 4. The monoisotopic (exact) mass is 308 g/mol. The van der Waals surface area contributed by atoms with Crippen molar-refractivity contribution in [1.82, 2.24) is 20.0 Å². The van der Waals surface area contributed by atoms with Crippen LogP contribution in [0.3, 0.4) is 0 Å². The molecule has 0 bridgehead atoms. The van der Waals surface area contributed by atoms with Gasteiger partial charge in [0, 0.05) is 20.2 Å². The molecule has 1 amide bonds. The first-order chi connectivity index (χ1) is 9.90. The highest BCUT2D eigenvalue weighted by Crippen LogP contribution is 2.44. The molecule has 0 spiro atoms. The van der Waals surface area contributed by atoms with Crippen LogP contribution in [0.4, 0.5) is 0 Å². The molecule has 2 aromatic rings. The maximum Gasteiger partial charge on any atom is 0.268 e. The predicted octanol–water partition coefficient (Wildman–Crippen LogP) is 2.43. The Kier molecular flexibility index (Phi) is 3.28. The Morgan fingerprint density at radius 3 is 2.76 bits per heavy atom. The van der Waals surface area contributed by atoms with E-state index in [1.54, 1.807) is 30.8 Å². The molecule has 1 N–H and O–H groups in total. The van der Waals surface area contributed by atoms with Gasteiger partial charge in [0.25, 0.3) is 5.91 Å². The first kappa shape index (κ1) is 14.1. The van der Waals surface area contributed by atoms with E-state index in [1.807, 2.05) is 6.92 Å². The molecule has 3 rings (SSSR count). The van der Waals surface area contributed by atoms with Gasteiger partial charge in [0.2, 0.25) is 5.89 Å². The highest BCUT2D eigenvalue weighted by molar-refractivity contribution is 6.31. The van der Waals surface area contributed by atoms with Crippen LogP contribution >= 0.6 is 11.6 Å². The van der Waals surface area contributed by atoms with E-state index in [2.05, 4.69) is 15.5 Å². The average Bonchev–Trinajstić information content (AvgIpc) is 3.10. The zero-order chi connectivity index (χ0) is 15.2. The Balaban J connectivity index is 1.89. The van der Waals surface area contributed by atoms with Crippen LogP contribution in [0.1, 0.15) is 42.0 Å². The number of amides is 1. The highest BCUT2D eigenvalue weighted by Gasteiger charge is 2.47. The summed E-state index contributed by atoms with van der Waals surface area (Å²) >= 11 is 5.94. The van der Waals surface area contributed by atoms with Crippen LogP contribution in [-0.2, 0) is 12.6 Å². The quantitative estimate of drug-likeness (QED) is 0.941. The van der Waals surface area contributed by atoms with Crippen molar-refractivity contribution in [2.75, 3.05) is 0 Å². The molecule has 0 aliphatic heterocycles. The number of nitrogens with zero attached hydrogens (tertiary/aromatic N) is 3. The lowest BCUT2D eigenvalue weighted by Crippen LogP contribution is -2.46. The molecule has 21 heavy (non-hydrogen) atoms. The lowest BCUT2D eigenvalue weighted by molar-refractivity contribution is 0.0877. The van der Waals surface area contributed by atoms with Crippen molar-refractivity contribution in [2.45, 2.75) is 32.2 Å². The molecule has 6 nitrogen and oxygen atoms in total. The largest absolute Gasteiger partial charge is 0.345 e. The molecule has 1 atom stereocenters. The van der Waals surface area contributed by atoms with Crippen molar-refractivity contribution >= 4 is 17.5 Å². The molecule has 1 fully saturated rings. The summed E-state index contributed by atoms with van der Waals surface area (Å²) in [5.41, 5.74) is -0.113. The summed E-state index contributed by atoms with van der Waals surface area (Å²) in [6, 6.07) is 1.64. The van der Waals surface area contributed by atoms with Gasteiger partial charge in [0.05, 0.1) is 5.02 Å². The first-order valence-corrected chi connectivity index (χ1v) is 7.23. The zero-order valence-electron chi connectivity index (χ0n) is 12.2. The fraction of sp³-hybridized carbons (Fsp3) is 0.500. The number of aryl methyl sites for hydroxylation is 2. The molecule has 0 radical (unpaired) electrons. The summed E-state index contributed by atoms with van der Waals surface area (Å²) in [5.74, 6) is 1.15. The smallest absolute Gasteiger partial charge is 0.268 e. The van der Waals surface area contributed by atoms with Crippen LogP contribution < -0.4 is 5.32 Å². The molecule has 0 saturated heterocycles. The number of halogens is 1. The lowest BCUT2D eigenvalue weighted by Gasteiger charge is -2.27. The molecule has 112 valence electrons. The van der Waals surface area contributed by atoms with Crippen molar-refractivity contribution in [3.05, 3.63) is 34.7 Å². The molecule has 1 saturated carbocycles. The SMILES string of the molecule is Cc1nc([C@](C)(NC(=O)c2cc(Cl)cn2C)C2CC2)no1. The van der Waals surface area contributed by atoms with Gasteiger partial charge < -0.3 is 14.4 Å². The van der Waals surface area contributed by atoms with Gasteiger partial charge in [-0.3, -0.25) is 4.79 Å². The van der Waals surface area contributed by atoms with Crippen LogP contribution in [0.5, 0.6) is 0 Å². The van der Waals surface area contributed by atoms with Gasteiger partial charge in [0.1, 0.15) is 11.2 Å². The Labute approximate surface area is 127 Å². The minimum Gasteiger partial charge on any atom is -0.345 e. The summed E-state index contributed by atoms with van der Waals surface area (Å²) in [4.78, 5) is 16.8. The van der Waals surface area contributed by atoms with Crippen molar-refractivity contribution in [2.24, 2.45) is 13.0 Å². The van der Waals surface area contributed by atoms with Crippen molar-refractivity contribution in [3.63, 3.8) is 0 Å². The van der Waals surface area contributed by atoms with Crippen LogP contribution in [0.15, 0.2) is 16.8 Å². The average molecular weight is 309 g/mol. The standard InChI is InChI=1S/C14H17ClN4O2/c1-8-16-13(18-21-8)14(2,9-4-5-9)17-12(20)11-6-10(15)7-19(11)3/h6-7,9H,4-5H2,1-3H3,(H,17,20)/t14-/m1/s1. The molecular weight excluding hydrogens is 292 g/mol. The number of hydrogen-bond donors (Lipinski definition) is 1. The molecule has 2 heterocycles. The van der Waals surface area contributed by atoms with Gasteiger partial charge in [0.15, 0.2) is 5.82 Å². The van der Waals surface area contributed by atoms with E-state index in [9.17, 15) is 4.79 Å². The van der Waals surface area contributed by atoms with E-state index in [-0.39, 0.29) is 5.91 Å². The number of carbonyl (C=O) groups excluding carboxylic acids is 1. The summed E-state index contributed by atoms with van der Waals surface area (Å²) < 4.78 is 6.77. The van der Waals surface area contributed by atoms with Gasteiger partial charge in [-0.05, 0) is 31.7 Å². The van der Waals surface area contributed by atoms with Crippen molar-refractivity contribution in [1.29, 1.82) is 0 Å². The Morgan fingerprint density at radius 2 is 2.29 bits per heavy atom. The summed E-state index contributed by atoms with van der Waals surface area (Å²) in [5, 5.41) is 7.58. The maximum absolute atomic E-state index is 12.5. The van der Waals surface area contributed by atoms with Crippen molar-refractivity contribution in [3.8, 4) is 0 Å². The predicted molar refractivity (Wildman–Crippen MR) is 77.0 cm³/mol. The van der Waals surface area contributed by atoms with E-state index in [1.165, 1.54) is 0 Å². The molecule has 7 heteroatoms. The van der Waals surface area contributed by atoms with Crippen LogP contribution in [0.2, 0.25) is 5.02 Å². The molecule has 2 aromatic heterocycles. The Hall–Kier alpha value is -1.82. The lowest BCUT2D eigenvalue weighted by atomic mass is 9.94. The van der Waals surface area contributed by atoms with E-state index < -0.39 is 5.54 Å². The summed E-state index contributed by atoms with van der Waals surface area (Å²) in [7, 11) is 1.79. The van der Waals surface area contributed by atoms with Gasteiger partial charge in [-0.15, -0.1) is 0 Å². The first-order valence-electron chi connectivity index (χ1n) is 6.85. The highest BCUT2D eigenvalue weighted by atomic mass is 35.5. The maximum atomic E-state index is 12.5. The van der Waals surface area contributed by atoms with Gasteiger partial charge in [-0.25, -0.2) is 0 Å². The minimum atomic E-state index is -0.619. The van der Waals surface area contributed by atoms with Gasteiger partial charge in [-0.1, -0.05) is 16.8 Å². The Morgan fingerprint density at radius 1 is 1.57 bits per heavy atom. The van der Waals surface area contributed by atoms with Gasteiger partial charge >= 0.3 is 0 Å². The van der Waals surface area contributed by atoms with Crippen LogP contribution in [-0.4, -0.2) is 20.6 Å². The van der Waals surface area contributed by atoms with Crippen LogP contribution in [0, 0.1) is 12.8 Å². The Bertz CT molecular complexity index is 689. The number of nitrogens with one attached hydrogen (secondary N) is 1. The van der Waals surface area contributed by atoms with E-state index >= 15 is 0 Å².